The number of carbonyl (C=O) groups excluding carboxylic acids is 1. The molecule has 1 aromatic carbocycles. The molecule has 0 saturated heterocycles. The Hall–Kier alpha value is -1.07. The molecule has 4 nitrogen and oxygen atoms in total. The SMILES string of the molecule is Cc1cc(S(=O)(=O)Cl)ccc1C(=O)NC1CC1. The van der Waals surface area contributed by atoms with E-state index in [1.54, 1.807) is 6.92 Å². The molecule has 0 aromatic heterocycles. The van der Waals surface area contributed by atoms with E-state index in [-0.39, 0.29) is 16.8 Å². The van der Waals surface area contributed by atoms with E-state index in [9.17, 15) is 13.2 Å². The number of amides is 1. The van der Waals surface area contributed by atoms with Gasteiger partial charge in [-0.3, -0.25) is 4.79 Å². The van der Waals surface area contributed by atoms with Gasteiger partial charge >= 0.3 is 0 Å². The smallest absolute Gasteiger partial charge is 0.261 e. The largest absolute Gasteiger partial charge is 0.349 e. The van der Waals surface area contributed by atoms with E-state index < -0.39 is 9.05 Å². The molecule has 0 aliphatic heterocycles. The van der Waals surface area contributed by atoms with Crippen molar-refractivity contribution in [3.63, 3.8) is 0 Å². The van der Waals surface area contributed by atoms with E-state index in [1.807, 2.05) is 0 Å². The van der Waals surface area contributed by atoms with Gasteiger partial charge in [0.25, 0.3) is 15.0 Å². The predicted octanol–water partition coefficient (Wildman–Crippen LogP) is 1.81. The Morgan fingerprint density at radius 3 is 2.53 bits per heavy atom. The number of hydrogen-bond acceptors (Lipinski definition) is 3. The van der Waals surface area contributed by atoms with Crippen molar-refractivity contribution in [3.05, 3.63) is 29.3 Å². The molecule has 1 saturated carbocycles. The summed E-state index contributed by atoms with van der Waals surface area (Å²) in [5, 5.41) is 2.85. The Morgan fingerprint density at radius 2 is 2.06 bits per heavy atom. The van der Waals surface area contributed by atoms with E-state index >= 15 is 0 Å². The Morgan fingerprint density at radius 1 is 1.41 bits per heavy atom. The van der Waals surface area contributed by atoms with Gasteiger partial charge in [-0.05, 0) is 43.5 Å². The van der Waals surface area contributed by atoms with Crippen molar-refractivity contribution in [2.24, 2.45) is 0 Å². The molecule has 0 atom stereocenters. The monoisotopic (exact) mass is 273 g/mol. The summed E-state index contributed by atoms with van der Waals surface area (Å²) in [6.45, 7) is 1.69. The Labute approximate surface area is 104 Å². The first-order chi connectivity index (χ1) is 7.88. The molecule has 1 N–H and O–H groups in total. The van der Waals surface area contributed by atoms with Crippen molar-refractivity contribution in [2.75, 3.05) is 0 Å². The highest BCUT2D eigenvalue weighted by Crippen LogP contribution is 2.22. The average molecular weight is 274 g/mol. The summed E-state index contributed by atoms with van der Waals surface area (Å²) >= 11 is 0. The van der Waals surface area contributed by atoms with Crippen molar-refractivity contribution >= 4 is 25.6 Å². The minimum atomic E-state index is -3.74. The number of benzene rings is 1. The summed E-state index contributed by atoms with van der Waals surface area (Å²) in [6.07, 6.45) is 2.03. The summed E-state index contributed by atoms with van der Waals surface area (Å²) in [7, 11) is 1.49. The van der Waals surface area contributed by atoms with Crippen LogP contribution in [0, 0.1) is 6.92 Å². The minimum absolute atomic E-state index is 0.0136. The van der Waals surface area contributed by atoms with E-state index in [1.165, 1.54) is 18.2 Å². The van der Waals surface area contributed by atoms with Gasteiger partial charge in [0.15, 0.2) is 0 Å². The lowest BCUT2D eigenvalue weighted by Gasteiger charge is -2.07. The van der Waals surface area contributed by atoms with Gasteiger partial charge in [-0.2, -0.15) is 0 Å². The van der Waals surface area contributed by atoms with Crippen molar-refractivity contribution in [1.29, 1.82) is 0 Å². The van der Waals surface area contributed by atoms with E-state index in [4.69, 9.17) is 10.7 Å². The molecule has 0 heterocycles. The third kappa shape index (κ3) is 2.98. The Bertz CT molecular complexity index is 564. The third-order valence-electron chi connectivity index (χ3n) is 2.64. The van der Waals surface area contributed by atoms with Crippen LogP contribution < -0.4 is 5.32 Å². The number of aryl methyl sites for hydroxylation is 1. The summed E-state index contributed by atoms with van der Waals surface area (Å²) in [5.74, 6) is -0.163. The molecule has 1 amide bonds. The highest BCUT2D eigenvalue weighted by Gasteiger charge is 2.24. The maximum Gasteiger partial charge on any atom is 0.261 e. The fraction of sp³-hybridized carbons (Fsp3) is 0.364. The van der Waals surface area contributed by atoms with E-state index in [2.05, 4.69) is 5.32 Å². The Balaban J connectivity index is 2.27. The molecule has 17 heavy (non-hydrogen) atoms. The van der Waals surface area contributed by atoms with Crippen LogP contribution in [-0.2, 0) is 9.05 Å². The summed E-state index contributed by atoms with van der Waals surface area (Å²) < 4.78 is 22.2. The zero-order valence-electron chi connectivity index (χ0n) is 9.23. The summed E-state index contributed by atoms with van der Waals surface area (Å²) in [5.41, 5.74) is 1.09. The molecule has 0 spiro atoms. The van der Waals surface area contributed by atoms with Gasteiger partial charge in [0.05, 0.1) is 4.90 Å². The zero-order chi connectivity index (χ0) is 12.6. The molecular formula is C11H12ClNO3S. The fourth-order valence-electron chi connectivity index (χ4n) is 1.53. The zero-order valence-corrected chi connectivity index (χ0v) is 10.8. The van der Waals surface area contributed by atoms with Crippen molar-refractivity contribution in [3.8, 4) is 0 Å². The molecule has 0 unspecified atom stereocenters. The molecule has 2 rings (SSSR count). The van der Waals surface area contributed by atoms with Crippen LogP contribution in [0.15, 0.2) is 23.1 Å². The first kappa shape index (κ1) is 12.4. The topological polar surface area (TPSA) is 63.2 Å². The summed E-state index contributed by atoms with van der Waals surface area (Å²) in [6, 6.07) is 4.52. The first-order valence-electron chi connectivity index (χ1n) is 5.24. The standard InChI is InChI=1S/C11H12ClNO3S/c1-7-6-9(17(12,15)16)4-5-10(7)11(14)13-8-2-3-8/h4-6,8H,2-3H2,1H3,(H,13,14). The molecule has 1 aromatic rings. The van der Waals surface area contributed by atoms with Gasteiger partial charge in [0, 0.05) is 22.3 Å². The molecule has 6 heteroatoms. The van der Waals surface area contributed by atoms with Crippen LogP contribution in [0.1, 0.15) is 28.8 Å². The Kier molecular flexibility index (Phi) is 3.14. The van der Waals surface area contributed by atoms with Crippen LogP contribution >= 0.6 is 10.7 Å². The first-order valence-corrected chi connectivity index (χ1v) is 7.55. The van der Waals surface area contributed by atoms with Crippen molar-refractivity contribution in [1.82, 2.24) is 5.32 Å². The van der Waals surface area contributed by atoms with Gasteiger partial charge in [0.1, 0.15) is 0 Å². The molecule has 0 bridgehead atoms. The average Bonchev–Trinajstić information content (AvgIpc) is 2.99. The number of carbonyl (C=O) groups is 1. The second-order valence-corrected chi connectivity index (χ2v) is 6.73. The van der Waals surface area contributed by atoms with Crippen molar-refractivity contribution in [2.45, 2.75) is 30.7 Å². The van der Waals surface area contributed by atoms with Gasteiger partial charge in [-0.1, -0.05) is 0 Å². The number of halogens is 1. The molecule has 1 aliphatic rings. The molecule has 0 radical (unpaired) electrons. The van der Waals surface area contributed by atoms with Crippen LogP contribution in [0.4, 0.5) is 0 Å². The van der Waals surface area contributed by atoms with Gasteiger partial charge in [-0.15, -0.1) is 0 Å². The minimum Gasteiger partial charge on any atom is -0.349 e. The van der Waals surface area contributed by atoms with Crippen LogP contribution in [0.5, 0.6) is 0 Å². The van der Waals surface area contributed by atoms with Crippen LogP contribution in [0.3, 0.4) is 0 Å². The molecule has 1 fully saturated rings. The van der Waals surface area contributed by atoms with Gasteiger partial charge < -0.3 is 5.32 Å². The molecular weight excluding hydrogens is 262 g/mol. The lowest BCUT2D eigenvalue weighted by Crippen LogP contribution is -2.26. The van der Waals surface area contributed by atoms with Crippen molar-refractivity contribution < 1.29 is 13.2 Å². The lowest BCUT2D eigenvalue weighted by atomic mass is 10.1. The van der Waals surface area contributed by atoms with Gasteiger partial charge in [-0.25, -0.2) is 8.42 Å². The maximum atomic E-state index is 11.8. The van der Waals surface area contributed by atoms with E-state index in [0.717, 1.165) is 12.8 Å². The predicted molar refractivity (Wildman–Crippen MR) is 64.7 cm³/mol. The van der Waals surface area contributed by atoms with E-state index in [0.29, 0.717) is 11.1 Å². The third-order valence-corrected chi connectivity index (χ3v) is 3.99. The fourth-order valence-corrected chi connectivity index (χ4v) is 2.37. The van der Waals surface area contributed by atoms with Crippen LogP contribution in [0.2, 0.25) is 0 Å². The quantitative estimate of drug-likeness (QED) is 0.855. The normalized spacial score (nSPS) is 15.6. The highest BCUT2D eigenvalue weighted by molar-refractivity contribution is 8.13. The van der Waals surface area contributed by atoms with Crippen LogP contribution in [0.25, 0.3) is 0 Å². The van der Waals surface area contributed by atoms with Gasteiger partial charge in [0.2, 0.25) is 0 Å². The highest BCUT2D eigenvalue weighted by atomic mass is 35.7. The summed E-state index contributed by atoms with van der Waals surface area (Å²) in [4.78, 5) is 11.8. The lowest BCUT2D eigenvalue weighted by molar-refractivity contribution is 0.0950. The number of hydrogen-bond donors (Lipinski definition) is 1. The number of nitrogens with one attached hydrogen (secondary N) is 1. The second kappa shape index (κ2) is 4.31. The molecule has 92 valence electrons. The molecule has 1 aliphatic carbocycles. The second-order valence-electron chi connectivity index (χ2n) is 4.16. The van der Waals surface area contributed by atoms with Crippen LogP contribution in [-0.4, -0.2) is 20.4 Å². The maximum absolute atomic E-state index is 11.8. The number of rotatable bonds is 3.